The van der Waals surface area contributed by atoms with E-state index in [0.29, 0.717) is 13.0 Å². The van der Waals surface area contributed by atoms with E-state index in [-0.39, 0.29) is 18.0 Å². The van der Waals surface area contributed by atoms with Crippen LogP contribution in [0, 0.1) is 5.41 Å². The van der Waals surface area contributed by atoms with E-state index >= 15 is 0 Å². The topological polar surface area (TPSA) is 53.5 Å². The molecular formula is C19H19F2N3O2. The van der Waals surface area contributed by atoms with Crippen LogP contribution in [-0.4, -0.2) is 59.2 Å². The average molecular weight is 359 g/mol. The number of halogens is 2. The minimum Gasteiger partial charge on any atom is -0.345 e. The highest BCUT2D eigenvalue weighted by Gasteiger charge is 2.57. The summed E-state index contributed by atoms with van der Waals surface area (Å²) in [6.07, 6.45) is 1.26. The van der Waals surface area contributed by atoms with Crippen LogP contribution in [0.2, 0.25) is 0 Å². The standard InChI is InChI=1S/C19H19F2N3O2/c1-23-7-6-18(17(23)26)10-19(20,21)12-24(11-18)16(25)14-8-13-4-2-3-5-15(13)22-9-14/h2-5,8-9H,6-7,10-12H2,1H3/t18-/m1/s1. The molecule has 0 N–H and O–H groups in total. The van der Waals surface area contributed by atoms with Crippen molar-refractivity contribution in [3.8, 4) is 0 Å². The quantitative estimate of drug-likeness (QED) is 0.786. The number of pyridine rings is 1. The van der Waals surface area contributed by atoms with Gasteiger partial charge in [0.25, 0.3) is 11.8 Å². The Balaban J connectivity index is 1.67. The van der Waals surface area contributed by atoms with E-state index in [1.807, 2.05) is 24.3 Å². The molecule has 1 aromatic carbocycles. The van der Waals surface area contributed by atoms with E-state index in [1.54, 1.807) is 13.1 Å². The lowest BCUT2D eigenvalue weighted by atomic mass is 9.76. The molecule has 0 aliphatic carbocycles. The number of carbonyl (C=O) groups is 2. The van der Waals surface area contributed by atoms with Gasteiger partial charge < -0.3 is 9.80 Å². The molecule has 1 atom stereocenters. The van der Waals surface area contributed by atoms with Gasteiger partial charge in [-0.15, -0.1) is 0 Å². The lowest BCUT2D eigenvalue weighted by molar-refractivity contribution is -0.150. The molecule has 0 saturated carbocycles. The Bertz CT molecular complexity index is 901. The second-order valence-electron chi connectivity index (χ2n) is 7.37. The number of hydrogen-bond donors (Lipinski definition) is 0. The van der Waals surface area contributed by atoms with E-state index < -0.39 is 30.2 Å². The number of benzene rings is 1. The van der Waals surface area contributed by atoms with Gasteiger partial charge in [-0.2, -0.15) is 0 Å². The molecule has 7 heteroatoms. The predicted molar refractivity (Wildman–Crippen MR) is 91.9 cm³/mol. The molecule has 1 spiro atoms. The molecule has 2 aliphatic heterocycles. The van der Waals surface area contributed by atoms with Crippen molar-refractivity contribution in [1.82, 2.24) is 14.8 Å². The first-order chi connectivity index (χ1) is 12.3. The zero-order valence-electron chi connectivity index (χ0n) is 14.4. The van der Waals surface area contributed by atoms with E-state index in [0.717, 1.165) is 15.8 Å². The van der Waals surface area contributed by atoms with Crippen molar-refractivity contribution in [2.24, 2.45) is 5.41 Å². The molecule has 0 radical (unpaired) electrons. The summed E-state index contributed by atoms with van der Waals surface area (Å²) in [6.45, 7) is -0.205. The van der Waals surface area contributed by atoms with Crippen molar-refractivity contribution in [1.29, 1.82) is 0 Å². The van der Waals surface area contributed by atoms with Gasteiger partial charge in [-0.3, -0.25) is 14.6 Å². The molecule has 2 fully saturated rings. The normalized spacial score (nSPS) is 25.3. The number of amides is 2. The number of aromatic nitrogens is 1. The average Bonchev–Trinajstić information content (AvgIpc) is 2.87. The van der Waals surface area contributed by atoms with Crippen LogP contribution < -0.4 is 0 Å². The molecule has 3 heterocycles. The summed E-state index contributed by atoms with van der Waals surface area (Å²) in [5.74, 6) is -3.89. The Morgan fingerprint density at radius 1 is 1.23 bits per heavy atom. The Kier molecular flexibility index (Phi) is 3.71. The van der Waals surface area contributed by atoms with Gasteiger partial charge in [-0.05, 0) is 18.6 Å². The first kappa shape index (κ1) is 16.9. The van der Waals surface area contributed by atoms with Gasteiger partial charge in [-0.1, -0.05) is 18.2 Å². The molecule has 0 bridgehead atoms. The zero-order chi connectivity index (χ0) is 18.5. The fourth-order valence-electron chi connectivity index (χ4n) is 4.13. The lowest BCUT2D eigenvalue weighted by Crippen LogP contribution is -2.57. The number of para-hydroxylation sites is 1. The van der Waals surface area contributed by atoms with Gasteiger partial charge in [0.1, 0.15) is 0 Å². The van der Waals surface area contributed by atoms with Gasteiger partial charge in [0.2, 0.25) is 5.91 Å². The number of piperidine rings is 1. The monoisotopic (exact) mass is 359 g/mol. The van der Waals surface area contributed by atoms with Gasteiger partial charge in [-0.25, -0.2) is 8.78 Å². The molecule has 1 aromatic heterocycles. The number of alkyl halides is 2. The highest BCUT2D eigenvalue weighted by atomic mass is 19.3. The molecule has 5 nitrogen and oxygen atoms in total. The van der Waals surface area contributed by atoms with Crippen LogP contribution in [0.15, 0.2) is 36.5 Å². The first-order valence-corrected chi connectivity index (χ1v) is 8.57. The summed E-state index contributed by atoms with van der Waals surface area (Å²) in [7, 11) is 1.61. The third-order valence-corrected chi connectivity index (χ3v) is 5.36. The van der Waals surface area contributed by atoms with E-state index in [2.05, 4.69) is 4.98 Å². The molecule has 136 valence electrons. The molecule has 26 heavy (non-hydrogen) atoms. The molecule has 2 aliphatic rings. The molecule has 2 aromatic rings. The van der Waals surface area contributed by atoms with Crippen molar-refractivity contribution in [3.05, 3.63) is 42.1 Å². The second kappa shape index (κ2) is 5.72. The Hall–Kier alpha value is -2.57. The summed E-state index contributed by atoms with van der Waals surface area (Å²) in [4.78, 5) is 32.2. The van der Waals surface area contributed by atoms with Gasteiger partial charge in [0, 0.05) is 38.1 Å². The number of hydrogen-bond acceptors (Lipinski definition) is 3. The number of fused-ring (bicyclic) bond motifs is 1. The maximum absolute atomic E-state index is 14.4. The number of nitrogens with zero attached hydrogens (tertiary/aromatic N) is 3. The highest BCUT2D eigenvalue weighted by Crippen LogP contribution is 2.45. The highest BCUT2D eigenvalue weighted by molar-refractivity contribution is 5.98. The van der Waals surface area contributed by atoms with Crippen LogP contribution in [0.25, 0.3) is 10.9 Å². The maximum Gasteiger partial charge on any atom is 0.266 e. The van der Waals surface area contributed by atoms with Crippen molar-refractivity contribution in [3.63, 3.8) is 0 Å². The zero-order valence-corrected chi connectivity index (χ0v) is 14.4. The molecule has 4 rings (SSSR count). The molecule has 2 saturated heterocycles. The largest absolute Gasteiger partial charge is 0.345 e. The molecular weight excluding hydrogens is 340 g/mol. The maximum atomic E-state index is 14.4. The van der Waals surface area contributed by atoms with Gasteiger partial charge in [0.15, 0.2) is 0 Å². The van der Waals surface area contributed by atoms with Crippen LogP contribution in [0.4, 0.5) is 8.78 Å². The van der Waals surface area contributed by atoms with Crippen molar-refractivity contribution < 1.29 is 18.4 Å². The summed E-state index contributed by atoms with van der Waals surface area (Å²) in [6, 6.07) is 8.97. The summed E-state index contributed by atoms with van der Waals surface area (Å²) < 4.78 is 28.8. The Morgan fingerprint density at radius 3 is 2.73 bits per heavy atom. The number of likely N-dealkylation sites (tertiary alicyclic amines) is 2. The third kappa shape index (κ3) is 2.71. The summed E-state index contributed by atoms with van der Waals surface area (Å²) in [5, 5.41) is 0.772. The molecule has 2 amide bonds. The van der Waals surface area contributed by atoms with Gasteiger partial charge in [0.05, 0.1) is 23.0 Å². The van der Waals surface area contributed by atoms with Crippen LogP contribution >= 0.6 is 0 Å². The summed E-state index contributed by atoms with van der Waals surface area (Å²) >= 11 is 0. The van der Waals surface area contributed by atoms with Crippen LogP contribution in [0.3, 0.4) is 0 Å². The second-order valence-corrected chi connectivity index (χ2v) is 7.37. The lowest BCUT2D eigenvalue weighted by Gasteiger charge is -2.42. The Labute approximate surface area is 149 Å². The van der Waals surface area contributed by atoms with E-state index in [1.165, 1.54) is 11.1 Å². The van der Waals surface area contributed by atoms with Crippen LogP contribution in [0.1, 0.15) is 23.2 Å². The fraction of sp³-hybridized carbons (Fsp3) is 0.421. The predicted octanol–water partition coefficient (Wildman–Crippen LogP) is 2.56. The van der Waals surface area contributed by atoms with Gasteiger partial charge >= 0.3 is 0 Å². The number of rotatable bonds is 1. The smallest absolute Gasteiger partial charge is 0.266 e. The van der Waals surface area contributed by atoms with E-state index in [4.69, 9.17) is 0 Å². The van der Waals surface area contributed by atoms with Crippen LogP contribution in [-0.2, 0) is 4.79 Å². The first-order valence-electron chi connectivity index (χ1n) is 8.57. The van der Waals surface area contributed by atoms with E-state index in [9.17, 15) is 18.4 Å². The molecule has 0 unspecified atom stereocenters. The van der Waals surface area contributed by atoms with Crippen molar-refractivity contribution >= 4 is 22.7 Å². The Morgan fingerprint density at radius 2 is 2.00 bits per heavy atom. The van der Waals surface area contributed by atoms with Crippen LogP contribution in [0.5, 0.6) is 0 Å². The summed E-state index contributed by atoms with van der Waals surface area (Å²) in [5.41, 5.74) is -0.191. The fourth-order valence-corrected chi connectivity index (χ4v) is 4.13. The minimum absolute atomic E-state index is 0.0252. The SMILES string of the molecule is CN1CC[C@@]2(CN(C(=O)c3cnc4ccccc4c3)CC(F)(F)C2)C1=O. The minimum atomic E-state index is -3.08. The number of carbonyl (C=O) groups excluding carboxylic acids is 2. The van der Waals surface area contributed by atoms with Crippen molar-refractivity contribution in [2.45, 2.75) is 18.8 Å². The van der Waals surface area contributed by atoms with Crippen molar-refractivity contribution in [2.75, 3.05) is 26.7 Å². The third-order valence-electron chi connectivity index (χ3n) is 5.36.